The number of anilines is 2. The van der Waals surface area contributed by atoms with Gasteiger partial charge >= 0.3 is 0 Å². The van der Waals surface area contributed by atoms with Crippen molar-refractivity contribution >= 4 is 29.2 Å². The number of benzene rings is 3. The summed E-state index contributed by atoms with van der Waals surface area (Å²) in [7, 11) is 3.34. The van der Waals surface area contributed by atoms with E-state index in [0.717, 1.165) is 40.9 Å². The number of hydrogen-bond acceptors (Lipinski definition) is 6. The molecule has 7 heteroatoms. The van der Waals surface area contributed by atoms with E-state index < -0.39 is 0 Å². The molecule has 3 aromatic rings. The molecule has 0 aromatic heterocycles. The van der Waals surface area contributed by atoms with Crippen molar-refractivity contribution in [2.75, 3.05) is 50.0 Å². The smallest absolute Gasteiger partial charge is 0.254 e. The molecule has 0 spiro atoms. The number of methoxy groups -OCH3 is 2. The zero-order chi connectivity index (χ0) is 22.3. The summed E-state index contributed by atoms with van der Waals surface area (Å²) in [6.45, 7) is 2.90. The molecule has 6 nitrogen and oxygen atoms in total. The van der Waals surface area contributed by atoms with Gasteiger partial charge < -0.3 is 24.0 Å². The summed E-state index contributed by atoms with van der Waals surface area (Å²) in [5, 5.41) is 0. The summed E-state index contributed by atoms with van der Waals surface area (Å²) in [5.41, 5.74) is 2.66. The van der Waals surface area contributed by atoms with Crippen LogP contribution < -0.4 is 19.1 Å². The van der Waals surface area contributed by atoms with Crippen molar-refractivity contribution in [3.05, 3.63) is 78.4 Å². The molecular weight excluding hydrogens is 422 g/mol. The first-order valence-electron chi connectivity index (χ1n) is 10.5. The van der Waals surface area contributed by atoms with Gasteiger partial charge in [-0.15, -0.1) is 0 Å². The van der Waals surface area contributed by atoms with Gasteiger partial charge in [-0.1, -0.05) is 30.3 Å². The Morgan fingerprint density at radius 2 is 1.53 bits per heavy atom. The number of nitrogens with zero attached hydrogens (tertiary/aromatic N) is 2. The summed E-state index contributed by atoms with van der Waals surface area (Å²) >= 11 is 1.46. The van der Waals surface area contributed by atoms with E-state index in [4.69, 9.17) is 9.47 Å². The maximum absolute atomic E-state index is 13.1. The van der Waals surface area contributed by atoms with Gasteiger partial charge in [-0.05, 0) is 54.4 Å². The maximum atomic E-state index is 13.1. The summed E-state index contributed by atoms with van der Waals surface area (Å²) in [6, 6.07) is 23.5. The summed E-state index contributed by atoms with van der Waals surface area (Å²) in [4.78, 5) is 18.3. The van der Waals surface area contributed by atoms with Gasteiger partial charge in [0.1, 0.15) is 11.5 Å². The van der Waals surface area contributed by atoms with E-state index in [1.165, 1.54) is 11.9 Å². The first-order valence-corrected chi connectivity index (χ1v) is 11.3. The van der Waals surface area contributed by atoms with Crippen LogP contribution in [0.3, 0.4) is 0 Å². The molecule has 1 fully saturated rings. The van der Waals surface area contributed by atoms with Gasteiger partial charge in [0, 0.05) is 36.6 Å². The molecule has 1 saturated heterocycles. The number of hydrogen-bond donors (Lipinski definition) is 1. The van der Waals surface area contributed by atoms with Crippen LogP contribution in [0.4, 0.5) is 11.4 Å². The zero-order valence-electron chi connectivity index (χ0n) is 18.3. The Kier molecular flexibility index (Phi) is 7.07. The number of carbonyl (C=O) groups is 1. The number of para-hydroxylation sites is 4. The Bertz CT molecular complexity index is 1070. The average molecular weight is 450 g/mol. The molecule has 0 aliphatic carbocycles. The van der Waals surface area contributed by atoms with Crippen molar-refractivity contribution in [3.8, 4) is 11.5 Å². The normalized spacial score (nSPS) is 13.6. The summed E-state index contributed by atoms with van der Waals surface area (Å²) in [6.07, 6.45) is 0. The largest absolute Gasteiger partial charge is 0.495 e. The molecule has 0 atom stereocenters. The Hall–Kier alpha value is -3.32. The second-order valence-electron chi connectivity index (χ2n) is 7.38. The first kappa shape index (κ1) is 21.9. The van der Waals surface area contributed by atoms with E-state index in [2.05, 4.69) is 15.7 Å². The molecular formula is C25H27N3O3S. The molecule has 1 N–H and O–H groups in total. The fourth-order valence-corrected chi connectivity index (χ4v) is 4.49. The van der Waals surface area contributed by atoms with Crippen LogP contribution in [0.5, 0.6) is 11.5 Å². The van der Waals surface area contributed by atoms with Crippen LogP contribution in [0.2, 0.25) is 0 Å². The van der Waals surface area contributed by atoms with Crippen LogP contribution in [0.15, 0.2) is 77.7 Å². The Morgan fingerprint density at radius 3 is 2.28 bits per heavy atom. The number of amides is 1. The van der Waals surface area contributed by atoms with Gasteiger partial charge in [-0.2, -0.15) is 0 Å². The highest BCUT2D eigenvalue weighted by Crippen LogP contribution is 2.30. The SMILES string of the molecule is COc1ccccc1NSc1cccc(C(=O)N2CCN(c3ccccc3OC)CC2)c1. The van der Waals surface area contributed by atoms with E-state index >= 15 is 0 Å². The van der Waals surface area contributed by atoms with Gasteiger partial charge in [0.25, 0.3) is 5.91 Å². The number of ether oxygens (including phenoxy) is 2. The second-order valence-corrected chi connectivity index (χ2v) is 8.26. The fraction of sp³-hybridized carbons (Fsp3) is 0.240. The highest BCUT2D eigenvalue weighted by molar-refractivity contribution is 8.00. The van der Waals surface area contributed by atoms with Crippen molar-refractivity contribution in [1.82, 2.24) is 4.90 Å². The predicted octanol–water partition coefficient (Wildman–Crippen LogP) is 4.79. The second kappa shape index (κ2) is 10.3. The quantitative estimate of drug-likeness (QED) is 0.524. The molecule has 166 valence electrons. The fourth-order valence-electron chi connectivity index (χ4n) is 3.76. The van der Waals surface area contributed by atoms with Gasteiger partial charge in [0.05, 0.1) is 25.6 Å². The number of piperazine rings is 1. The third-order valence-corrected chi connectivity index (χ3v) is 6.27. The predicted molar refractivity (Wildman–Crippen MR) is 130 cm³/mol. The van der Waals surface area contributed by atoms with Crippen molar-refractivity contribution in [2.45, 2.75) is 4.90 Å². The lowest BCUT2D eigenvalue weighted by atomic mass is 10.1. The van der Waals surface area contributed by atoms with Crippen molar-refractivity contribution in [1.29, 1.82) is 0 Å². The minimum Gasteiger partial charge on any atom is -0.495 e. The van der Waals surface area contributed by atoms with Crippen LogP contribution in [-0.4, -0.2) is 51.2 Å². The van der Waals surface area contributed by atoms with Crippen LogP contribution in [0.1, 0.15) is 10.4 Å². The number of carbonyl (C=O) groups excluding carboxylic acids is 1. The molecule has 0 unspecified atom stereocenters. The lowest BCUT2D eigenvalue weighted by Gasteiger charge is -2.36. The van der Waals surface area contributed by atoms with Crippen molar-refractivity contribution in [2.24, 2.45) is 0 Å². The van der Waals surface area contributed by atoms with E-state index in [9.17, 15) is 4.79 Å². The van der Waals surface area contributed by atoms with E-state index in [1.54, 1.807) is 14.2 Å². The van der Waals surface area contributed by atoms with Gasteiger partial charge in [0.15, 0.2) is 0 Å². The minimum atomic E-state index is 0.0596. The van der Waals surface area contributed by atoms with Gasteiger partial charge in [0.2, 0.25) is 0 Å². The highest BCUT2D eigenvalue weighted by Gasteiger charge is 2.23. The standard InChI is InChI=1S/C25H27N3O3S/c1-30-23-12-5-3-10-21(23)26-32-20-9-7-8-19(18-20)25(29)28-16-14-27(15-17-28)22-11-4-6-13-24(22)31-2/h3-13,18,26H,14-17H2,1-2H3. The topological polar surface area (TPSA) is 54.0 Å². The minimum absolute atomic E-state index is 0.0596. The first-order chi connectivity index (χ1) is 15.7. The van der Waals surface area contributed by atoms with E-state index in [1.807, 2.05) is 71.6 Å². The van der Waals surface area contributed by atoms with Gasteiger partial charge in [-0.3, -0.25) is 4.79 Å². The summed E-state index contributed by atoms with van der Waals surface area (Å²) < 4.78 is 14.2. The monoisotopic (exact) mass is 449 g/mol. The van der Waals surface area contributed by atoms with Crippen molar-refractivity contribution in [3.63, 3.8) is 0 Å². The van der Waals surface area contributed by atoms with Crippen LogP contribution in [0.25, 0.3) is 0 Å². The lowest BCUT2D eigenvalue weighted by Crippen LogP contribution is -2.48. The molecule has 1 heterocycles. The molecule has 1 aliphatic rings. The molecule has 0 radical (unpaired) electrons. The molecule has 0 saturated carbocycles. The van der Waals surface area contributed by atoms with Crippen LogP contribution in [-0.2, 0) is 0 Å². The maximum Gasteiger partial charge on any atom is 0.254 e. The van der Waals surface area contributed by atoms with Gasteiger partial charge in [-0.25, -0.2) is 0 Å². The number of rotatable bonds is 7. The molecule has 1 aliphatic heterocycles. The molecule has 4 rings (SSSR count). The number of nitrogens with one attached hydrogen (secondary N) is 1. The van der Waals surface area contributed by atoms with Crippen LogP contribution >= 0.6 is 11.9 Å². The highest BCUT2D eigenvalue weighted by atomic mass is 32.2. The zero-order valence-corrected chi connectivity index (χ0v) is 19.1. The molecule has 0 bridgehead atoms. The van der Waals surface area contributed by atoms with Crippen molar-refractivity contribution < 1.29 is 14.3 Å². The summed E-state index contributed by atoms with van der Waals surface area (Å²) in [5.74, 6) is 1.70. The third-order valence-electron chi connectivity index (χ3n) is 5.46. The van der Waals surface area contributed by atoms with E-state index in [0.29, 0.717) is 18.7 Å². The Labute approximate surface area is 193 Å². The van der Waals surface area contributed by atoms with E-state index in [-0.39, 0.29) is 5.91 Å². The lowest BCUT2D eigenvalue weighted by molar-refractivity contribution is 0.0746. The molecule has 1 amide bonds. The Balaban J connectivity index is 1.38. The molecule has 3 aromatic carbocycles. The molecule has 32 heavy (non-hydrogen) atoms. The third kappa shape index (κ3) is 4.94. The Morgan fingerprint density at radius 1 is 0.844 bits per heavy atom. The van der Waals surface area contributed by atoms with Crippen LogP contribution in [0, 0.1) is 0 Å². The average Bonchev–Trinajstić information content (AvgIpc) is 2.87.